The fourth-order valence-corrected chi connectivity index (χ4v) is 7.88. The summed E-state index contributed by atoms with van der Waals surface area (Å²) in [6.07, 6.45) is 4.85. The number of ether oxygens (including phenoxy) is 2. The minimum absolute atomic E-state index is 0.0947. The lowest BCUT2D eigenvalue weighted by Crippen LogP contribution is -2.55. The summed E-state index contributed by atoms with van der Waals surface area (Å²) in [6, 6.07) is 6.88. The average molecular weight is 606 g/mol. The van der Waals surface area contributed by atoms with Crippen molar-refractivity contribution in [2.24, 2.45) is 10.9 Å². The van der Waals surface area contributed by atoms with Gasteiger partial charge in [0, 0.05) is 66.0 Å². The molecule has 1 aromatic carbocycles. The molecule has 1 amide bonds. The van der Waals surface area contributed by atoms with Gasteiger partial charge in [-0.2, -0.15) is 0 Å². The number of piperazine rings is 1. The van der Waals surface area contributed by atoms with Crippen LogP contribution in [-0.4, -0.2) is 104 Å². The molecule has 5 rings (SSSR count). The van der Waals surface area contributed by atoms with E-state index in [1.165, 1.54) is 39.9 Å². The first kappa shape index (κ1) is 30.0. The number of methoxy groups -OCH3 is 2. The molecule has 0 aliphatic carbocycles. The molecule has 4 aliphatic heterocycles. The molecule has 0 N–H and O–H groups in total. The number of nitrogens with zero attached hydrogens (tertiary/aromatic N) is 4. The molecule has 0 aromatic heterocycles. The fourth-order valence-electron chi connectivity index (χ4n) is 7.24. The number of amides is 1. The predicted molar refractivity (Wildman–Crippen MR) is 157 cm³/mol. The minimum atomic E-state index is -0.960. The zero-order chi connectivity index (χ0) is 29.4. The van der Waals surface area contributed by atoms with Gasteiger partial charge in [0.05, 0.1) is 31.9 Å². The standard InChI is InChI=1S/C30H38Cl2N4O5/c1-17-25(29(38)40-3)28(26-21(31)6-5-7-22(26)32)27(30(39)41-4)23(33-17)16-24(37)36-12-10-35(11-13-36)20-14-18-8-9-19(15-20)34(18)2/h5-7,18-20,25,28H,8-16H2,1-4H3. The van der Waals surface area contributed by atoms with Crippen LogP contribution in [0.15, 0.2) is 34.5 Å². The quantitative estimate of drug-likeness (QED) is 0.454. The van der Waals surface area contributed by atoms with Crippen LogP contribution in [0, 0.1) is 5.92 Å². The van der Waals surface area contributed by atoms with E-state index in [1.807, 2.05) is 4.90 Å². The molecule has 3 saturated heterocycles. The summed E-state index contributed by atoms with van der Waals surface area (Å²) in [7, 11) is 4.78. The molecular formula is C30H38Cl2N4O5. The number of hydrogen-bond acceptors (Lipinski definition) is 8. The molecular weight excluding hydrogens is 567 g/mol. The van der Waals surface area contributed by atoms with Crippen LogP contribution in [-0.2, 0) is 23.9 Å². The van der Waals surface area contributed by atoms with Gasteiger partial charge < -0.3 is 19.3 Å². The molecule has 0 radical (unpaired) electrons. The van der Waals surface area contributed by atoms with Crippen LogP contribution in [0.1, 0.15) is 50.5 Å². The normalized spacial score (nSPS) is 28.9. The van der Waals surface area contributed by atoms with E-state index in [0.29, 0.717) is 42.5 Å². The van der Waals surface area contributed by atoms with Gasteiger partial charge in [0.15, 0.2) is 0 Å². The Labute approximate surface area is 251 Å². The van der Waals surface area contributed by atoms with E-state index >= 15 is 0 Å². The molecule has 4 atom stereocenters. The van der Waals surface area contributed by atoms with Crippen LogP contribution in [0.25, 0.3) is 0 Å². The molecule has 4 aliphatic rings. The first-order valence-electron chi connectivity index (χ1n) is 14.3. The van der Waals surface area contributed by atoms with Crippen molar-refractivity contribution in [1.82, 2.24) is 14.7 Å². The van der Waals surface area contributed by atoms with Crippen molar-refractivity contribution in [3.05, 3.63) is 45.1 Å². The van der Waals surface area contributed by atoms with E-state index in [4.69, 9.17) is 32.7 Å². The molecule has 11 heteroatoms. The van der Waals surface area contributed by atoms with Crippen molar-refractivity contribution in [3.63, 3.8) is 0 Å². The van der Waals surface area contributed by atoms with E-state index in [2.05, 4.69) is 21.8 Å². The third-order valence-electron chi connectivity index (χ3n) is 9.46. The monoisotopic (exact) mass is 604 g/mol. The Balaban J connectivity index is 1.38. The molecule has 2 bridgehead atoms. The zero-order valence-electron chi connectivity index (χ0n) is 24.1. The Bertz CT molecular complexity index is 1240. The number of aliphatic imine (C=N–C) groups is 1. The number of halogens is 2. The molecule has 1 aromatic rings. The first-order chi connectivity index (χ1) is 19.6. The van der Waals surface area contributed by atoms with Crippen LogP contribution < -0.4 is 0 Å². The van der Waals surface area contributed by atoms with Gasteiger partial charge >= 0.3 is 11.9 Å². The van der Waals surface area contributed by atoms with E-state index in [1.54, 1.807) is 25.1 Å². The number of fused-ring (bicyclic) bond motifs is 2. The third kappa shape index (κ3) is 5.78. The Morgan fingerprint density at radius 2 is 1.56 bits per heavy atom. The van der Waals surface area contributed by atoms with Gasteiger partial charge in [0.1, 0.15) is 5.92 Å². The molecule has 0 saturated carbocycles. The highest BCUT2D eigenvalue weighted by Gasteiger charge is 2.45. The fraction of sp³-hybridized carbons (Fsp3) is 0.600. The molecule has 3 fully saturated rings. The molecule has 4 heterocycles. The van der Waals surface area contributed by atoms with Gasteiger partial charge in [-0.05, 0) is 57.4 Å². The molecule has 9 nitrogen and oxygen atoms in total. The molecule has 41 heavy (non-hydrogen) atoms. The van der Waals surface area contributed by atoms with Gasteiger partial charge in [-0.3, -0.25) is 19.5 Å². The zero-order valence-corrected chi connectivity index (χ0v) is 25.6. The number of carbonyl (C=O) groups excluding carboxylic acids is 3. The van der Waals surface area contributed by atoms with Crippen LogP contribution in [0.3, 0.4) is 0 Å². The largest absolute Gasteiger partial charge is 0.468 e. The lowest BCUT2D eigenvalue weighted by molar-refractivity contribution is -0.143. The van der Waals surface area contributed by atoms with Crippen LogP contribution >= 0.6 is 23.2 Å². The summed E-state index contributed by atoms with van der Waals surface area (Å²) < 4.78 is 10.2. The summed E-state index contributed by atoms with van der Waals surface area (Å²) in [5, 5.41) is 0.577. The lowest BCUT2D eigenvalue weighted by Gasteiger charge is -2.45. The summed E-state index contributed by atoms with van der Waals surface area (Å²) >= 11 is 13.2. The smallest absolute Gasteiger partial charge is 0.336 e. The first-order valence-corrected chi connectivity index (χ1v) is 15.0. The molecule has 4 unspecified atom stereocenters. The molecule has 222 valence electrons. The highest BCUT2D eigenvalue weighted by Crippen LogP contribution is 2.46. The van der Waals surface area contributed by atoms with Crippen molar-refractivity contribution < 1.29 is 23.9 Å². The van der Waals surface area contributed by atoms with E-state index in [-0.39, 0.29) is 33.6 Å². The summed E-state index contributed by atoms with van der Waals surface area (Å²) in [5.74, 6) is -3.29. The van der Waals surface area contributed by atoms with E-state index in [9.17, 15) is 14.4 Å². The second-order valence-electron chi connectivity index (χ2n) is 11.5. The maximum absolute atomic E-state index is 13.6. The van der Waals surface area contributed by atoms with Crippen LogP contribution in [0.4, 0.5) is 0 Å². The number of benzene rings is 1. The van der Waals surface area contributed by atoms with E-state index in [0.717, 1.165) is 13.1 Å². The number of piperidine rings is 1. The second kappa shape index (κ2) is 12.4. The number of carbonyl (C=O) groups is 3. The average Bonchev–Trinajstić information content (AvgIpc) is 3.15. The number of esters is 2. The van der Waals surface area contributed by atoms with Crippen molar-refractivity contribution in [2.45, 2.75) is 63.1 Å². The minimum Gasteiger partial charge on any atom is -0.468 e. The Hall–Kier alpha value is -2.46. The van der Waals surface area contributed by atoms with Crippen molar-refractivity contribution in [1.29, 1.82) is 0 Å². The Kier molecular flexibility index (Phi) is 9.09. The summed E-state index contributed by atoms with van der Waals surface area (Å²) in [6.45, 7) is 4.58. The van der Waals surface area contributed by atoms with Crippen molar-refractivity contribution in [2.75, 3.05) is 47.4 Å². The number of hydrogen-bond donors (Lipinski definition) is 0. The van der Waals surface area contributed by atoms with Gasteiger partial charge in [-0.1, -0.05) is 29.3 Å². The predicted octanol–water partition coefficient (Wildman–Crippen LogP) is 3.93. The summed E-state index contributed by atoms with van der Waals surface area (Å²) in [5.41, 5.74) is 1.16. The van der Waals surface area contributed by atoms with Gasteiger partial charge in [0.25, 0.3) is 0 Å². The van der Waals surface area contributed by atoms with Gasteiger partial charge in [-0.25, -0.2) is 4.79 Å². The highest BCUT2D eigenvalue weighted by atomic mass is 35.5. The lowest BCUT2D eigenvalue weighted by atomic mass is 9.75. The number of rotatable bonds is 6. The Morgan fingerprint density at radius 1 is 0.951 bits per heavy atom. The SMILES string of the molecule is COC(=O)C1=C(CC(=O)N2CCN(C3CC4CCC(C3)N4C)CC2)N=C(C)C(C(=O)OC)C1c1c(Cl)cccc1Cl. The summed E-state index contributed by atoms with van der Waals surface area (Å²) in [4.78, 5) is 51.4. The Morgan fingerprint density at radius 3 is 2.12 bits per heavy atom. The van der Waals surface area contributed by atoms with Crippen LogP contribution in [0.2, 0.25) is 10.0 Å². The van der Waals surface area contributed by atoms with Gasteiger partial charge in [-0.15, -0.1) is 0 Å². The maximum atomic E-state index is 13.6. The molecule has 0 spiro atoms. The van der Waals surface area contributed by atoms with Crippen molar-refractivity contribution >= 4 is 46.8 Å². The van der Waals surface area contributed by atoms with E-state index < -0.39 is 23.8 Å². The van der Waals surface area contributed by atoms with Crippen molar-refractivity contribution in [3.8, 4) is 0 Å². The topological polar surface area (TPSA) is 91.8 Å². The maximum Gasteiger partial charge on any atom is 0.336 e. The second-order valence-corrected chi connectivity index (χ2v) is 12.3. The highest BCUT2D eigenvalue weighted by molar-refractivity contribution is 6.36. The van der Waals surface area contributed by atoms with Crippen LogP contribution in [0.5, 0.6) is 0 Å². The van der Waals surface area contributed by atoms with Gasteiger partial charge in [0.2, 0.25) is 5.91 Å². The third-order valence-corrected chi connectivity index (χ3v) is 10.1.